The second kappa shape index (κ2) is 3.91. The molecule has 0 aliphatic heterocycles. The highest BCUT2D eigenvalue weighted by atomic mass is 79.9. The van der Waals surface area contributed by atoms with Crippen molar-refractivity contribution in [3.05, 3.63) is 33.8 Å². The molecular weight excluding hydrogens is 268 g/mol. The topological polar surface area (TPSA) is 52.9 Å². The second-order valence-electron chi connectivity index (χ2n) is 4.17. The van der Waals surface area contributed by atoms with Gasteiger partial charge in [-0.15, -0.1) is 0 Å². The van der Waals surface area contributed by atoms with Gasteiger partial charge in [0, 0.05) is 10.0 Å². The van der Waals surface area contributed by atoms with Gasteiger partial charge in [0.15, 0.2) is 0 Å². The highest BCUT2D eigenvalue weighted by Crippen LogP contribution is 2.34. The molecule has 1 amide bonds. The molecule has 4 heteroatoms. The molecule has 0 unspecified atom stereocenters. The van der Waals surface area contributed by atoms with Crippen LogP contribution >= 0.6 is 15.9 Å². The number of rotatable bonds is 2. The van der Waals surface area contributed by atoms with E-state index in [4.69, 9.17) is 5.26 Å². The summed E-state index contributed by atoms with van der Waals surface area (Å²) in [6.45, 7) is 1.93. The van der Waals surface area contributed by atoms with E-state index < -0.39 is 5.54 Å². The van der Waals surface area contributed by atoms with Gasteiger partial charge < -0.3 is 5.32 Å². The SMILES string of the molecule is Cc1cc(Br)cc(C(=O)NC2(C#N)CC2)c1. The minimum absolute atomic E-state index is 0.177. The third-order valence-electron chi connectivity index (χ3n) is 2.62. The van der Waals surface area contributed by atoms with Crippen molar-refractivity contribution in [2.24, 2.45) is 0 Å². The molecule has 82 valence electrons. The first-order valence-corrected chi connectivity index (χ1v) is 5.85. The fraction of sp³-hybridized carbons (Fsp3) is 0.333. The van der Waals surface area contributed by atoms with Crippen LogP contribution in [0.25, 0.3) is 0 Å². The third kappa shape index (κ3) is 2.25. The Morgan fingerprint density at radius 2 is 2.19 bits per heavy atom. The van der Waals surface area contributed by atoms with Gasteiger partial charge in [-0.3, -0.25) is 4.79 Å². The minimum atomic E-state index is -0.604. The smallest absolute Gasteiger partial charge is 0.252 e. The van der Waals surface area contributed by atoms with E-state index in [2.05, 4.69) is 27.3 Å². The monoisotopic (exact) mass is 278 g/mol. The van der Waals surface area contributed by atoms with Crippen molar-refractivity contribution < 1.29 is 4.79 Å². The highest BCUT2D eigenvalue weighted by Gasteiger charge is 2.44. The van der Waals surface area contributed by atoms with Crippen LogP contribution < -0.4 is 5.32 Å². The summed E-state index contributed by atoms with van der Waals surface area (Å²) in [6, 6.07) is 7.65. The molecule has 0 saturated heterocycles. The maximum absolute atomic E-state index is 11.9. The molecule has 0 aromatic heterocycles. The molecule has 1 aromatic rings. The molecule has 16 heavy (non-hydrogen) atoms. The van der Waals surface area contributed by atoms with Crippen LogP contribution in [0.5, 0.6) is 0 Å². The lowest BCUT2D eigenvalue weighted by Crippen LogP contribution is -2.35. The Hall–Kier alpha value is -1.34. The number of halogens is 1. The molecule has 3 nitrogen and oxygen atoms in total. The lowest BCUT2D eigenvalue weighted by atomic mass is 10.1. The Kier molecular flexibility index (Phi) is 2.73. The fourth-order valence-electron chi connectivity index (χ4n) is 1.55. The maximum Gasteiger partial charge on any atom is 0.252 e. The van der Waals surface area contributed by atoms with E-state index in [1.54, 1.807) is 6.07 Å². The molecule has 0 atom stereocenters. The number of nitrogens with one attached hydrogen (secondary N) is 1. The van der Waals surface area contributed by atoms with Crippen LogP contribution in [-0.2, 0) is 0 Å². The molecule has 1 fully saturated rings. The summed E-state index contributed by atoms with van der Waals surface area (Å²) in [4.78, 5) is 11.9. The Morgan fingerprint density at radius 1 is 1.50 bits per heavy atom. The van der Waals surface area contributed by atoms with Gasteiger partial charge in [0.05, 0.1) is 6.07 Å². The Bertz CT molecular complexity index is 466. The Morgan fingerprint density at radius 3 is 2.69 bits per heavy atom. The molecular formula is C12H11BrN2O. The van der Waals surface area contributed by atoms with Crippen molar-refractivity contribution in [1.82, 2.24) is 5.32 Å². The summed E-state index contributed by atoms with van der Waals surface area (Å²) < 4.78 is 0.874. The number of amides is 1. The molecule has 0 spiro atoms. The van der Waals surface area contributed by atoms with Gasteiger partial charge in [-0.05, 0) is 43.5 Å². The number of hydrogen-bond acceptors (Lipinski definition) is 2. The van der Waals surface area contributed by atoms with E-state index in [1.165, 1.54) is 0 Å². The summed E-state index contributed by atoms with van der Waals surface area (Å²) in [5.74, 6) is -0.177. The molecule has 1 N–H and O–H groups in total. The number of carbonyl (C=O) groups excluding carboxylic acids is 1. The van der Waals surface area contributed by atoms with E-state index >= 15 is 0 Å². The average molecular weight is 279 g/mol. The van der Waals surface area contributed by atoms with Gasteiger partial charge in [0.25, 0.3) is 5.91 Å². The van der Waals surface area contributed by atoms with Crippen molar-refractivity contribution in [3.63, 3.8) is 0 Å². The lowest BCUT2D eigenvalue weighted by Gasteiger charge is -2.09. The molecule has 1 aliphatic carbocycles. The average Bonchev–Trinajstić information content (AvgIpc) is 2.97. The van der Waals surface area contributed by atoms with Crippen LogP contribution in [0.1, 0.15) is 28.8 Å². The number of benzene rings is 1. The first kappa shape index (κ1) is 11.2. The van der Waals surface area contributed by atoms with Crippen LogP contribution in [0.2, 0.25) is 0 Å². The predicted molar refractivity (Wildman–Crippen MR) is 63.9 cm³/mol. The maximum atomic E-state index is 11.9. The molecule has 1 aliphatic rings. The summed E-state index contributed by atoms with van der Waals surface area (Å²) in [5.41, 5.74) is 1.00. The van der Waals surface area contributed by atoms with Gasteiger partial charge in [0.2, 0.25) is 0 Å². The van der Waals surface area contributed by atoms with Gasteiger partial charge in [0.1, 0.15) is 5.54 Å². The number of nitriles is 1. The summed E-state index contributed by atoms with van der Waals surface area (Å²) >= 11 is 3.35. The van der Waals surface area contributed by atoms with Crippen LogP contribution in [0.3, 0.4) is 0 Å². The van der Waals surface area contributed by atoms with Gasteiger partial charge in [-0.1, -0.05) is 15.9 Å². The normalized spacial score (nSPS) is 16.3. The van der Waals surface area contributed by atoms with Crippen molar-refractivity contribution in [3.8, 4) is 6.07 Å². The largest absolute Gasteiger partial charge is 0.334 e. The summed E-state index contributed by atoms with van der Waals surface area (Å²) in [5, 5.41) is 11.7. The standard InChI is InChI=1S/C12H11BrN2O/c1-8-4-9(6-10(13)5-8)11(16)15-12(7-14)2-3-12/h4-6H,2-3H2,1H3,(H,15,16). The Balaban J connectivity index is 2.18. The van der Waals surface area contributed by atoms with E-state index in [-0.39, 0.29) is 5.91 Å². The van der Waals surface area contributed by atoms with Crippen LogP contribution in [0.4, 0.5) is 0 Å². The summed E-state index contributed by atoms with van der Waals surface area (Å²) in [7, 11) is 0. The summed E-state index contributed by atoms with van der Waals surface area (Å²) in [6.07, 6.45) is 1.50. The number of aryl methyl sites for hydroxylation is 1. The first-order chi connectivity index (χ1) is 7.54. The predicted octanol–water partition coefficient (Wildman–Crippen LogP) is 2.54. The lowest BCUT2D eigenvalue weighted by molar-refractivity contribution is 0.0941. The fourth-order valence-corrected chi connectivity index (χ4v) is 2.15. The van der Waals surface area contributed by atoms with E-state index in [0.29, 0.717) is 5.56 Å². The van der Waals surface area contributed by atoms with Crippen molar-refractivity contribution in [2.75, 3.05) is 0 Å². The number of hydrogen-bond donors (Lipinski definition) is 1. The van der Waals surface area contributed by atoms with Crippen molar-refractivity contribution >= 4 is 21.8 Å². The number of carbonyl (C=O) groups is 1. The quantitative estimate of drug-likeness (QED) is 0.904. The molecule has 0 radical (unpaired) electrons. The third-order valence-corrected chi connectivity index (χ3v) is 3.08. The van der Waals surface area contributed by atoms with Gasteiger partial charge in [-0.2, -0.15) is 5.26 Å². The number of nitrogens with zero attached hydrogens (tertiary/aromatic N) is 1. The van der Waals surface area contributed by atoms with Crippen LogP contribution in [-0.4, -0.2) is 11.4 Å². The van der Waals surface area contributed by atoms with E-state index in [9.17, 15) is 4.79 Å². The second-order valence-corrected chi connectivity index (χ2v) is 5.08. The molecule has 0 bridgehead atoms. The first-order valence-electron chi connectivity index (χ1n) is 5.06. The van der Waals surface area contributed by atoms with E-state index in [0.717, 1.165) is 22.9 Å². The highest BCUT2D eigenvalue weighted by molar-refractivity contribution is 9.10. The molecule has 2 rings (SSSR count). The zero-order chi connectivity index (χ0) is 11.8. The van der Waals surface area contributed by atoms with E-state index in [1.807, 2.05) is 19.1 Å². The van der Waals surface area contributed by atoms with Crippen molar-refractivity contribution in [2.45, 2.75) is 25.3 Å². The van der Waals surface area contributed by atoms with Crippen LogP contribution in [0.15, 0.2) is 22.7 Å². The van der Waals surface area contributed by atoms with Crippen molar-refractivity contribution in [1.29, 1.82) is 5.26 Å². The zero-order valence-corrected chi connectivity index (χ0v) is 10.5. The molecule has 1 aromatic carbocycles. The minimum Gasteiger partial charge on any atom is -0.334 e. The van der Waals surface area contributed by atoms with Gasteiger partial charge >= 0.3 is 0 Å². The molecule has 1 saturated carbocycles. The van der Waals surface area contributed by atoms with Crippen LogP contribution in [0, 0.1) is 18.3 Å². The Labute approximate surface area is 103 Å². The molecule has 0 heterocycles. The zero-order valence-electron chi connectivity index (χ0n) is 8.88. The van der Waals surface area contributed by atoms with Gasteiger partial charge in [-0.25, -0.2) is 0 Å².